The molecule has 0 radical (unpaired) electrons. The van der Waals surface area contributed by atoms with Crippen LogP contribution in [0.1, 0.15) is 47.3 Å². The van der Waals surface area contributed by atoms with E-state index >= 15 is 0 Å². The minimum absolute atomic E-state index is 0.0897. The number of fused-ring (bicyclic) bond motifs is 3. The average molecular weight is 333 g/mol. The molecule has 0 aliphatic heterocycles. The number of aromatic nitrogens is 1. The smallest absolute Gasteiger partial charge is 0.255 e. The Bertz CT molecular complexity index is 953. The van der Waals surface area contributed by atoms with Crippen LogP contribution in [0, 0.1) is 0 Å². The molecule has 0 saturated heterocycles. The summed E-state index contributed by atoms with van der Waals surface area (Å²) >= 11 is 0. The molecule has 1 aliphatic rings. The van der Waals surface area contributed by atoms with Gasteiger partial charge in [0.2, 0.25) is 0 Å². The van der Waals surface area contributed by atoms with Gasteiger partial charge in [-0.1, -0.05) is 6.92 Å². The Balaban J connectivity index is 1.71. The summed E-state index contributed by atoms with van der Waals surface area (Å²) in [5.41, 5.74) is 11.9. The first-order chi connectivity index (χ1) is 12.0. The first-order valence-electron chi connectivity index (χ1n) is 8.82. The van der Waals surface area contributed by atoms with E-state index in [1.54, 1.807) is 12.1 Å². The van der Waals surface area contributed by atoms with Gasteiger partial charge in [0.05, 0.1) is 0 Å². The van der Waals surface area contributed by atoms with Crippen LogP contribution in [-0.4, -0.2) is 10.5 Å². The van der Waals surface area contributed by atoms with Crippen LogP contribution in [0.25, 0.3) is 10.9 Å². The van der Waals surface area contributed by atoms with Crippen LogP contribution in [0.4, 0.5) is 11.4 Å². The van der Waals surface area contributed by atoms with Crippen molar-refractivity contribution in [2.75, 3.05) is 11.1 Å². The molecule has 128 valence electrons. The zero-order valence-corrected chi connectivity index (χ0v) is 14.7. The molecule has 0 bridgehead atoms. The number of hydrogen-bond donors (Lipinski definition) is 2. The molecule has 2 aromatic carbocycles. The fourth-order valence-corrected chi connectivity index (χ4v) is 4.06. The largest absolute Gasteiger partial charge is 0.399 e. The fourth-order valence-electron chi connectivity index (χ4n) is 4.06. The molecular formula is C21H23N3O. The number of nitrogen functional groups attached to an aromatic ring is 1. The Morgan fingerprint density at radius 3 is 2.72 bits per heavy atom. The number of anilines is 2. The number of benzene rings is 2. The second kappa shape index (κ2) is 5.96. The quantitative estimate of drug-likeness (QED) is 0.681. The van der Waals surface area contributed by atoms with Gasteiger partial charge in [0, 0.05) is 40.6 Å². The number of carbonyl (C=O) groups excluding carboxylic acids is 1. The lowest BCUT2D eigenvalue weighted by Crippen LogP contribution is -2.11. The van der Waals surface area contributed by atoms with Crippen molar-refractivity contribution in [1.82, 2.24) is 4.57 Å². The molecule has 1 aromatic heterocycles. The van der Waals surface area contributed by atoms with Crippen molar-refractivity contribution in [2.24, 2.45) is 7.05 Å². The lowest BCUT2D eigenvalue weighted by atomic mass is 9.88. The van der Waals surface area contributed by atoms with E-state index in [2.05, 4.69) is 29.9 Å². The summed E-state index contributed by atoms with van der Waals surface area (Å²) in [5.74, 6) is 0.487. The third-order valence-electron chi connectivity index (χ3n) is 5.32. The molecular weight excluding hydrogens is 310 g/mol. The number of aryl methyl sites for hydroxylation is 2. The summed E-state index contributed by atoms with van der Waals surface area (Å²) in [6, 6.07) is 13.2. The Hall–Kier alpha value is -2.75. The fraction of sp³-hybridized carbons (Fsp3) is 0.286. The van der Waals surface area contributed by atoms with E-state index < -0.39 is 0 Å². The number of hydrogen-bond acceptors (Lipinski definition) is 2. The molecule has 4 rings (SSSR count). The van der Waals surface area contributed by atoms with Gasteiger partial charge in [-0.2, -0.15) is 0 Å². The molecule has 1 unspecified atom stereocenters. The van der Waals surface area contributed by atoms with Crippen molar-refractivity contribution in [1.29, 1.82) is 0 Å². The maximum atomic E-state index is 12.6. The van der Waals surface area contributed by atoms with E-state index in [9.17, 15) is 4.79 Å². The molecule has 0 spiro atoms. The highest BCUT2D eigenvalue weighted by Crippen LogP contribution is 2.38. The minimum atomic E-state index is -0.0897. The van der Waals surface area contributed by atoms with Gasteiger partial charge < -0.3 is 15.6 Å². The van der Waals surface area contributed by atoms with Gasteiger partial charge in [0.15, 0.2) is 0 Å². The summed E-state index contributed by atoms with van der Waals surface area (Å²) in [7, 11) is 2.14. The maximum Gasteiger partial charge on any atom is 0.255 e. The van der Waals surface area contributed by atoms with Gasteiger partial charge in [0.25, 0.3) is 5.91 Å². The molecule has 4 nitrogen and oxygen atoms in total. The third kappa shape index (κ3) is 2.68. The predicted molar refractivity (Wildman–Crippen MR) is 103 cm³/mol. The van der Waals surface area contributed by atoms with Crippen molar-refractivity contribution in [3.05, 3.63) is 59.3 Å². The van der Waals surface area contributed by atoms with Crippen LogP contribution < -0.4 is 11.1 Å². The highest BCUT2D eigenvalue weighted by Gasteiger charge is 2.24. The molecule has 3 aromatic rings. The van der Waals surface area contributed by atoms with Crippen LogP contribution in [-0.2, 0) is 13.5 Å². The second-order valence-corrected chi connectivity index (χ2v) is 7.02. The Morgan fingerprint density at radius 2 is 1.96 bits per heavy atom. The summed E-state index contributed by atoms with van der Waals surface area (Å²) in [5, 5.41) is 4.16. The molecule has 1 aliphatic carbocycles. The van der Waals surface area contributed by atoms with Crippen molar-refractivity contribution < 1.29 is 4.79 Å². The van der Waals surface area contributed by atoms with Gasteiger partial charge in [0.1, 0.15) is 0 Å². The monoisotopic (exact) mass is 333 g/mol. The summed E-state index contributed by atoms with van der Waals surface area (Å²) in [6.07, 6.45) is 3.55. The van der Waals surface area contributed by atoms with Crippen LogP contribution in [0.3, 0.4) is 0 Å². The number of nitrogens with one attached hydrogen (secondary N) is 1. The highest BCUT2D eigenvalue weighted by atomic mass is 16.1. The van der Waals surface area contributed by atoms with Crippen LogP contribution in [0.2, 0.25) is 0 Å². The zero-order valence-electron chi connectivity index (χ0n) is 14.7. The Morgan fingerprint density at radius 1 is 1.20 bits per heavy atom. The van der Waals surface area contributed by atoms with Crippen molar-refractivity contribution >= 4 is 28.2 Å². The lowest BCUT2D eigenvalue weighted by molar-refractivity contribution is 0.102. The van der Waals surface area contributed by atoms with Gasteiger partial charge >= 0.3 is 0 Å². The SMILES string of the molecule is CC1CCCc2c1n(C)c1ccc(C(=O)Nc3ccc(N)cc3)cc21. The molecule has 1 heterocycles. The first-order valence-corrected chi connectivity index (χ1v) is 8.82. The van der Waals surface area contributed by atoms with Gasteiger partial charge in [-0.3, -0.25) is 4.79 Å². The number of nitrogens with two attached hydrogens (primary N) is 1. The molecule has 25 heavy (non-hydrogen) atoms. The van der Waals surface area contributed by atoms with Gasteiger partial charge in [-0.25, -0.2) is 0 Å². The highest BCUT2D eigenvalue weighted by molar-refractivity contribution is 6.06. The summed E-state index contributed by atoms with van der Waals surface area (Å²) in [6.45, 7) is 2.30. The van der Waals surface area contributed by atoms with E-state index in [0.29, 0.717) is 17.2 Å². The van der Waals surface area contributed by atoms with E-state index in [0.717, 1.165) is 12.1 Å². The summed E-state index contributed by atoms with van der Waals surface area (Å²) in [4.78, 5) is 12.6. The normalized spacial score (nSPS) is 16.6. The van der Waals surface area contributed by atoms with E-state index in [-0.39, 0.29) is 5.91 Å². The Kier molecular flexibility index (Phi) is 3.75. The molecule has 4 heteroatoms. The topological polar surface area (TPSA) is 60.0 Å². The maximum absolute atomic E-state index is 12.6. The molecule has 0 saturated carbocycles. The van der Waals surface area contributed by atoms with E-state index in [1.807, 2.05) is 24.3 Å². The number of amides is 1. The number of carbonyl (C=O) groups is 1. The molecule has 3 N–H and O–H groups in total. The first kappa shape index (κ1) is 15.8. The summed E-state index contributed by atoms with van der Waals surface area (Å²) < 4.78 is 2.30. The van der Waals surface area contributed by atoms with Crippen LogP contribution in [0.15, 0.2) is 42.5 Å². The van der Waals surface area contributed by atoms with Gasteiger partial charge in [-0.15, -0.1) is 0 Å². The van der Waals surface area contributed by atoms with Gasteiger partial charge in [-0.05, 0) is 73.2 Å². The minimum Gasteiger partial charge on any atom is -0.399 e. The van der Waals surface area contributed by atoms with Crippen LogP contribution in [0.5, 0.6) is 0 Å². The van der Waals surface area contributed by atoms with Crippen molar-refractivity contribution in [2.45, 2.75) is 32.1 Å². The molecule has 1 atom stereocenters. The van der Waals surface area contributed by atoms with E-state index in [1.165, 1.54) is 35.0 Å². The number of nitrogens with zero attached hydrogens (tertiary/aromatic N) is 1. The molecule has 0 fully saturated rings. The molecule has 1 amide bonds. The van der Waals surface area contributed by atoms with Crippen molar-refractivity contribution in [3.8, 4) is 0 Å². The zero-order chi connectivity index (χ0) is 17.6. The second-order valence-electron chi connectivity index (χ2n) is 7.02. The lowest BCUT2D eigenvalue weighted by Gasteiger charge is -2.20. The number of rotatable bonds is 2. The third-order valence-corrected chi connectivity index (χ3v) is 5.32. The Labute approximate surface area is 147 Å². The van der Waals surface area contributed by atoms with Crippen molar-refractivity contribution in [3.63, 3.8) is 0 Å². The predicted octanol–water partition coefficient (Wildman–Crippen LogP) is 4.45. The average Bonchev–Trinajstić information content (AvgIpc) is 2.90. The standard InChI is InChI=1S/C21H23N3O/c1-13-4-3-5-17-18-12-14(6-11-19(18)24(2)20(13)17)21(25)23-16-9-7-15(22)8-10-16/h6-13H,3-5,22H2,1-2H3,(H,23,25). The van der Waals surface area contributed by atoms with Crippen LogP contribution >= 0.6 is 0 Å². The van der Waals surface area contributed by atoms with E-state index in [4.69, 9.17) is 5.73 Å².